The minimum Gasteiger partial charge on any atom is -0.336 e. The van der Waals surface area contributed by atoms with Gasteiger partial charge in [0.1, 0.15) is 0 Å². The van der Waals surface area contributed by atoms with Crippen LogP contribution in [-0.4, -0.2) is 65.2 Å². The summed E-state index contributed by atoms with van der Waals surface area (Å²) in [6.45, 7) is 2.85. The first-order chi connectivity index (χ1) is 16.6. The van der Waals surface area contributed by atoms with Gasteiger partial charge >= 0.3 is 0 Å². The summed E-state index contributed by atoms with van der Waals surface area (Å²) in [6, 6.07) is 21.2. The Morgan fingerprint density at radius 3 is 1.89 bits per heavy atom. The van der Waals surface area contributed by atoms with Crippen LogP contribution in [0.3, 0.4) is 0 Å². The average molecular weight is 514 g/mol. The standard InChI is InChI=1S/C25H27N3O5S2/c1-20-8-14-24(15-9-20)35(32,33)28-18-16-27(17-19-28)25(29)21-10-12-22(13-11-21)26(2)34(30,31)23-6-4-3-5-7-23/h3-15H,16-19H2,1-2H3. The van der Waals surface area contributed by atoms with E-state index in [1.54, 1.807) is 71.6 Å². The third-order valence-electron chi connectivity index (χ3n) is 6.06. The molecule has 3 aromatic rings. The molecule has 8 nitrogen and oxygen atoms in total. The van der Waals surface area contributed by atoms with Gasteiger partial charge in [0, 0.05) is 38.8 Å². The lowest BCUT2D eigenvalue weighted by molar-refractivity contribution is 0.0698. The zero-order valence-electron chi connectivity index (χ0n) is 19.5. The predicted octanol–water partition coefficient (Wildman–Crippen LogP) is 2.97. The molecule has 0 atom stereocenters. The Kier molecular flexibility index (Phi) is 6.98. The highest BCUT2D eigenvalue weighted by molar-refractivity contribution is 7.92. The van der Waals surface area contributed by atoms with E-state index in [1.165, 1.54) is 27.8 Å². The average Bonchev–Trinajstić information content (AvgIpc) is 2.89. The van der Waals surface area contributed by atoms with E-state index >= 15 is 0 Å². The number of nitrogens with zero attached hydrogens (tertiary/aromatic N) is 3. The molecular weight excluding hydrogens is 486 g/mol. The fourth-order valence-corrected chi connectivity index (χ4v) is 6.52. The van der Waals surface area contributed by atoms with Crippen LogP contribution in [0.4, 0.5) is 5.69 Å². The van der Waals surface area contributed by atoms with Crippen LogP contribution >= 0.6 is 0 Å². The normalized spacial score (nSPS) is 15.1. The van der Waals surface area contributed by atoms with Crippen LogP contribution in [0.15, 0.2) is 88.7 Å². The summed E-state index contributed by atoms with van der Waals surface area (Å²) in [5, 5.41) is 0. The predicted molar refractivity (Wildman–Crippen MR) is 134 cm³/mol. The number of hydrogen-bond donors (Lipinski definition) is 0. The monoisotopic (exact) mass is 513 g/mol. The number of anilines is 1. The van der Waals surface area contributed by atoms with Crippen LogP contribution < -0.4 is 4.31 Å². The van der Waals surface area contributed by atoms with E-state index in [-0.39, 0.29) is 41.9 Å². The highest BCUT2D eigenvalue weighted by atomic mass is 32.2. The summed E-state index contributed by atoms with van der Waals surface area (Å²) < 4.78 is 54.0. The fourth-order valence-electron chi connectivity index (χ4n) is 3.88. The first-order valence-corrected chi connectivity index (χ1v) is 14.0. The number of benzene rings is 3. The molecule has 1 heterocycles. The molecule has 35 heavy (non-hydrogen) atoms. The van der Waals surface area contributed by atoms with Gasteiger partial charge in [0.05, 0.1) is 15.5 Å². The van der Waals surface area contributed by atoms with Crippen LogP contribution in [0.25, 0.3) is 0 Å². The van der Waals surface area contributed by atoms with Crippen molar-refractivity contribution in [1.29, 1.82) is 0 Å². The lowest BCUT2D eigenvalue weighted by Crippen LogP contribution is -2.50. The molecule has 3 aromatic carbocycles. The Hall–Kier alpha value is -3.21. The minimum atomic E-state index is -3.72. The lowest BCUT2D eigenvalue weighted by atomic mass is 10.1. The molecule has 1 fully saturated rings. The second-order valence-electron chi connectivity index (χ2n) is 8.34. The van der Waals surface area contributed by atoms with Crippen molar-refractivity contribution in [2.45, 2.75) is 16.7 Å². The number of piperazine rings is 1. The molecular formula is C25H27N3O5S2. The molecule has 1 saturated heterocycles. The first-order valence-electron chi connectivity index (χ1n) is 11.1. The maximum Gasteiger partial charge on any atom is 0.264 e. The summed E-state index contributed by atoms with van der Waals surface area (Å²) in [4.78, 5) is 15.0. The Labute approximate surface area is 206 Å². The van der Waals surface area contributed by atoms with E-state index < -0.39 is 20.0 Å². The van der Waals surface area contributed by atoms with Crippen molar-refractivity contribution in [2.75, 3.05) is 37.5 Å². The molecule has 0 aromatic heterocycles. The van der Waals surface area contributed by atoms with Crippen molar-refractivity contribution >= 4 is 31.6 Å². The van der Waals surface area contributed by atoms with E-state index in [4.69, 9.17) is 0 Å². The Morgan fingerprint density at radius 2 is 1.31 bits per heavy atom. The fraction of sp³-hybridized carbons (Fsp3) is 0.240. The van der Waals surface area contributed by atoms with Crippen molar-refractivity contribution in [3.63, 3.8) is 0 Å². The van der Waals surface area contributed by atoms with Crippen molar-refractivity contribution in [1.82, 2.24) is 9.21 Å². The van der Waals surface area contributed by atoms with Gasteiger partial charge in [0.25, 0.3) is 15.9 Å². The maximum atomic E-state index is 13.0. The highest BCUT2D eigenvalue weighted by Gasteiger charge is 2.30. The van der Waals surface area contributed by atoms with Crippen LogP contribution in [0.2, 0.25) is 0 Å². The Balaban J connectivity index is 1.41. The SMILES string of the molecule is Cc1ccc(S(=O)(=O)N2CCN(C(=O)c3ccc(N(C)S(=O)(=O)c4ccccc4)cc3)CC2)cc1. The largest absolute Gasteiger partial charge is 0.336 e. The molecule has 1 aliphatic heterocycles. The quantitative estimate of drug-likeness (QED) is 0.505. The number of hydrogen-bond acceptors (Lipinski definition) is 5. The van der Waals surface area contributed by atoms with Gasteiger partial charge in [-0.25, -0.2) is 16.8 Å². The molecule has 0 saturated carbocycles. The summed E-state index contributed by atoms with van der Waals surface area (Å²) in [6.07, 6.45) is 0. The van der Waals surface area contributed by atoms with Gasteiger partial charge in [0.15, 0.2) is 0 Å². The number of rotatable bonds is 6. The summed E-state index contributed by atoms with van der Waals surface area (Å²) in [7, 11) is -5.86. The molecule has 0 radical (unpaired) electrons. The van der Waals surface area contributed by atoms with Crippen molar-refractivity contribution in [3.05, 3.63) is 90.0 Å². The smallest absolute Gasteiger partial charge is 0.264 e. The van der Waals surface area contributed by atoms with Crippen molar-refractivity contribution < 1.29 is 21.6 Å². The molecule has 1 aliphatic rings. The van der Waals surface area contributed by atoms with Crippen LogP contribution in [0, 0.1) is 6.92 Å². The number of amides is 1. The molecule has 0 N–H and O–H groups in total. The summed E-state index contributed by atoms with van der Waals surface area (Å²) in [5.41, 5.74) is 1.82. The number of carbonyl (C=O) groups is 1. The molecule has 4 rings (SSSR count). The van der Waals surface area contributed by atoms with Gasteiger partial charge in [-0.15, -0.1) is 0 Å². The second kappa shape index (κ2) is 9.80. The third-order valence-corrected chi connectivity index (χ3v) is 9.78. The molecule has 0 bridgehead atoms. The van der Waals surface area contributed by atoms with E-state index in [0.717, 1.165) is 5.56 Å². The van der Waals surface area contributed by atoms with Gasteiger partial charge in [-0.3, -0.25) is 9.10 Å². The van der Waals surface area contributed by atoms with E-state index in [9.17, 15) is 21.6 Å². The summed E-state index contributed by atoms with van der Waals surface area (Å²) >= 11 is 0. The number of carbonyl (C=O) groups excluding carboxylic acids is 1. The van der Waals surface area contributed by atoms with Crippen LogP contribution in [0.5, 0.6) is 0 Å². The van der Waals surface area contributed by atoms with Crippen LogP contribution in [-0.2, 0) is 20.0 Å². The lowest BCUT2D eigenvalue weighted by Gasteiger charge is -2.34. The first kappa shape index (κ1) is 24.9. The van der Waals surface area contributed by atoms with Crippen LogP contribution in [0.1, 0.15) is 15.9 Å². The van der Waals surface area contributed by atoms with Gasteiger partial charge in [0.2, 0.25) is 10.0 Å². The minimum absolute atomic E-state index is 0.182. The number of aryl methyl sites for hydroxylation is 1. The van der Waals surface area contributed by atoms with Crippen molar-refractivity contribution in [3.8, 4) is 0 Å². The molecule has 10 heteroatoms. The molecule has 1 amide bonds. The van der Waals surface area contributed by atoms with E-state index in [0.29, 0.717) is 11.3 Å². The zero-order valence-corrected chi connectivity index (χ0v) is 21.2. The van der Waals surface area contributed by atoms with Gasteiger partial charge in [-0.05, 0) is 55.5 Å². The molecule has 0 unspecified atom stereocenters. The van der Waals surface area contributed by atoms with E-state index in [1.807, 2.05) is 6.92 Å². The molecule has 0 spiro atoms. The third kappa shape index (κ3) is 5.09. The number of sulfonamides is 2. The van der Waals surface area contributed by atoms with E-state index in [2.05, 4.69) is 0 Å². The highest BCUT2D eigenvalue weighted by Crippen LogP contribution is 2.23. The topological polar surface area (TPSA) is 95.1 Å². The van der Waals surface area contributed by atoms with Gasteiger partial charge < -0.3 is 4.90 Å². The molecule has 184 valence electrons. The molecule has 0 aliphatic carbocycles. The van der Waals surface area contributed by atoms with Gasteiger partial charge in [-0.2, -0.15) is 4.31 Å². The zero-order chi connectivity index (χ0) is 25.2. The second-order valence-corrected chi connectivity index (χ2v) is 12.2. The van der Waals surface area contributed by atoms with Gasteiger partial charge in [-0.1, -0.05) is 35.9 Å². The Bertz CT molecular complexity index is 1400. The Morgan fingerprint density at radius 1 is 0.743 bits per heavy atom. The maximum absolute atomic E-state index is 13.0. The summed E-state index contributed by atoms with van der Waals surface area (Å²) in [5.74, 6) is -0.225. The van der Waals surface area contributed by atoms with Crippen molar-refractivity contribution in [2.24, 2.45) is 0 Å².